The van der Waals surface area contributed by atoms with E-state index in [0.29, 0.717) is 17.1 Å². The average Bonchev–Trinajstić information content (AvgIpc) is 2.35. The van der Waals surface area contributed by atoms with Crippen LogP contribution in [-0.4, -0.2) is 40.9 Å². The van der Waals surface area contributed by atoms with Crippen LogP contribution < -0.4 is 5.73 Å². The van der Waals surface area contributed by atoms with Crippen molar-refractivity contribution in [2.24, 2.45) is 23.0 Å². The highest BCUT2D eigenvalue weighted by Crippen LogP contribution is 2.45. The number of carbonyl (C=O) groups is 1. The molecule has 110 valence electrons. The molecule has 4 heteroatoms. The van der Waals surface area contributed by atoms with E-state index in [2.05, 4.69) is 32.6 Å². The Balaban J connectivity index is 2.10. The molecule has 0 aromatic carbocycles. The van der Waals surface area contributed by atoms with Crippen molar-refractivity contribution in [2.75, 3.05) is 18.8 Å². The second-order valence-electron chi connectivity index (χ2n) is 6.87. The highest BCUT2D eigenvalue weighted by atomic mass is 32.2. The number of rotatable bonds is 1. The standard InChI is InChI=1S/C15H28N2OS/c1-10-9-17(7-8-19-10)14(18)12-5-6-13(16)11(2)15(12,3)4/h10-13H,5-9,16H2,1-4H3. The molecule has 1 amide bonds. The van der Waals surface area contributed by atoms with Crippen LogP contribution in [0.3, 0.4) is 0 Å². The zero-order valence-corrected chi connectivity index (χ0v) is 13.5. The number of nitrogens with zero attached hydrogens (tertiary/aromatic N) is 1. The van der Waals surface area contributed by atoms with Crippen LogP contribution in [-0.2, 0) is 4.79 Å². The van der Waals surface area contributed by atoms with Crippen molar-refractivity contribution in [3.63, 3.8) is 0 Å². The normalized spacial score (nSPS) is 39.1. The van der Waals surface area contributed by atoms with Gasteiger partial charge in [0.2, 0.25) is 5.91 Å². The van der Waals surface area contributed by atoms with Gasteiger partial charge in [-0.15, -0.1) is 0 Å². The lowest BCUT2D eigenvalue weighted by atomic mass is 9.60. The van der Waals surface area contributed by atoms with Crippen LogP contribution in [0.15, 0.2) is 0 Å². The summed E-state index contributed by atoms with van der Waals surface area (Å²) in [7, 11) is 0. The molecule has 0 bridgehead atoms. The molecule has 2 aliphatic rings. The van der Waals surface area contributed by atoms with Gasteiger partial charge >= 0.3 is 0 Å². The average molecular weight is 284 g/mol. The molecule has 1 aliphatic heterocycles. The zero-order valence-electron chi connectivity index (χ0n) is 12.7. The van der Waals surface area contributed by atoms with E-state index in [1.807, 2.05) is 11.8 Å². The first-order chi connectivity index (χ1) is 8.84. The first kappa shape index (κ1) is 15.2. The Labute approximate surface area is 121 Å². The molecule has 0 aromatic heterocycles. The minimum atomic E-state index is 0.0164. The molecule has 0 spiro atoms. The number of thioether (sulfide) groups is 1. The molecule has 1 saturated carbocycles. The topological polar surface area (TPSA) is 46.3 Å². The van der Waals surface area contributed by atoms with Gasteiger partial charge in [0.25, 0.3) is 0 Å². The summed E-state index contributed by atoms with van der Waals surface area (Å²) < 4.78 is 0. The van der Waals surface area contributed by atoms with Crippen LogP contribution in [0.2, 0.25) is 0 Å². The first-order valence-electron chi connectivity index (χ1n) is 7.50. The Hall–Kier alpha value is -0.220. The van der Waals surface area contributed by atoms with Crippen molar-refractivity contribution in [2.45, 2.75) is 51.8 Å². The fraction of sp³-hybridized carbons (Fsp3) is 0.933. The van der Waals surface area contributed by atoms with Gasteiger partial charge in [0.15, 0.2) is 0 Å². The van der Waals surface area contributed by atoms with Crippen molar-refractivity contribution < 1.29 is 4.79 Å². The number of hydrogen-bond acceptors (Lipinski definition) is 3. The number of nitrogens with two attached hydrogens (primary N) is 1. The van der Waals surface area contributed by atoms with Gasteiger partial charge in [0.05, 0.1) is 0 Å². The summed E-state index contributed by atoms with van der Waals surface area (Å²) in [6.07, 6.45) is 1.94. The summed E-state index contributed by atoms with van der Waals surface area (Å²) in [5.41, 5.74) is 6.20. The van der Waals surface area contributed by atoms with Crippen molar-refractivity contribution >= 4 is 17.7 Å². The van der Waals surface area contributed by atoms with Gasteiger partial charge in [-0.3, -0.25) is 4.79 Å². The Bertz CT molecular complexity index is 345. The molecule has 3 nitrogen and oxygen atoms in total. The van der Waals surface area contributed by atoms with Crippen LogP contribution >= 0.6 is 11.8 Å². The van der Waals surface area contributed by atoms with Crippen molar-refractivity contribution in [3.05, 3.63) is 0 Å². The van der Waals surface area contributed by atoms with Crippen molar-refractivity contribution in [1.29, 1.82) is 0 Å². The Morgan fingerprint density at radius 2 is 2.00 bits per heavy atom. The molecule has 2 fully saturated rings. The highest BCUT2D eigenvalue weighted by Gasteiger charge is 2.46. The lowest BCUT2D eigenvalue weighted by Crippen LogP contribution is -2.54. The van der Waals surface area contributed by atoms with Crippen LogP contribution in [0.25, 0.3) is 0 Å². The minimum absolute atomic E-state index is 0.0164. The predicted octanol–water partition coefficient (Wildman–Crippen LogP) is 2.35. The molecular formula is C15H28N2OS. The third-order valence-corrected chi connectivity index (χ3v) is 6.49. The quantitative estimate of drug-likeness (QED) is 0.804. The van der Waals surface area contributed by atoms with E-state index >= 15 is 0 Å². The van der Waals surface area contributed by atoms with E-state index in [4.69, 9.17) is 5.73 Å². The fourth-order valence-electron chi connectivity index (χ4n) is 3.53. The van der Waals surface area contributed by atoms with Gasteiger partial charge in [-0.1, -0.05) is 27.7 Å². The van der Waals surface area contributed by atoms with Crippen LogP contribution in [0, 0.1) is 17.3 Å². The maximum atomic E-state index is 12.8. The Morgan fingerprint density at radius 1 is 1.32 bits per heavy atom. The first-order valence-corrected chi connectivity index (χ1v) is 8.55. The van der Waals surface area contributed by atoms with E-state index in [1.165, 1.54) is 0 Å². The smallest absolute Gasteiger partial charge is 0.226 e. The monoisotopic (exact) mass is 284 g/mol. The summed E-state index contributed by atoms with van der Waals surface area (Å²) in [5, 5.41) is 0.573. The van der Waals surface area contributed by atoms with Gasteiger partial charge in [-0.2, -0.15) is 11.8 Å². The Morgan fingerprint density at radius 3 is 2.63 bits per heavy atom. The lowest BCUT2D eigenvalue weighted by Gasteiger charge is -2.48. The number of amides is 1. The molecule has 1 heterocycles. The molecular weight excluding hydrogens is 256 g/mol. The third kappa shape index (κ3) is 2.94. The van der Waals surface area contributed by atoms with Crippen LogP contribution in [0.5, 0.6) is 0 Å². The maximum Gasteiger partial charge on any atom is 0.226 e. The molecule has 2 rings (SSSR count). The molecule has 4 atom stereocenters. The molecule has 2 N–H and O–H groups in total. The summed E-state index contributed by atoms with van der Waals surface area (Å²) in [6.45, 7) is 10.7. The van der Waals surface area contributed by atoms with E-state index in [9.17, 15) is 4.79 Å². The van der Waals surface area contributed by atoms with Crippen LogP contribution in [0.1, 0.15) is 40.5 Å². The molecule has 1 aliphatic carbocycles. The summed E-state index contributed by atoms with van der Waals surface area (Å²) in [6, 6.07) is 0.245. The second-order valence-corrected chi connectivity index (χ2v) is 8.42. The van der Waals surface area contributed by atoms with Gasteiger partial charge in [-0.25, -0.2) is 0 Å². The summed E-state index contributed by atoms with van der Waals surface area (Å²) in [5.74, 6) is 2.01. The molecule has 19 heavy (non-hydrogen) atoms. The van der Waals surface area contributed by atoms with Crippen molar-refractivity contribution in [1.82, 2.24) is 4.90 Å². The van der Waals surface area contributed by atoms with E-state index in [-0.39, 0.29) is 17.4 Å². The lowest BCUT2D eigenvalue weighted by molar-refractivity contribution is -0.143. The molecule has 0 radical (unpaired) electrons. The zero-order chi connectivity index (χ0) is 14.2. The van der Waals surface area contributed by atoms with Gasteiger partial charge in [0.1, 0.15) is 0 Å². The highest BCUT2D eigenvalue weighted by molar-refractivity contribution is 7.99. The van der Waals surface area contributed by atoms with Gasteiger partial charge in [-0.05, 0) is 24.2 Å². The Kier molecular flexibility index (Phi) is 4.51. The van der Waals surface area contributed by atoms with Crippen molar-refractivity contribution in [3.8, 4) is 0 Å². The van der Waals surface area contributed by atoms with Gasteiger partial charge in [0, 0.05) is 36.1 Å². The second kappa shape index (κ2) is 5.65. The van der Waals surface area contributed by atoms with Gasteiger partial charge < -0.3 is 10.6 Å². The fourth-order valence-corrected chi connectivity index (χ4v) is 4.54. The number of carbonyl (C=O) groups excluding carboxylic acids is 1. The summed E-state index contributed by atoms with van der Waals surface area (Å²) in [4.78, 5) is 14.9. The number of hydrogen-bond donors (Lipinski definition) is 1. The largest absolute Gasteiger partial charge is 0.341 e. The minimum Gasteiger partial charge on any atom is -0.341 e. The molecule has 4 unspecified atom stereocenters. The summed E-state index contributed by atoms with van der Waals surface area (Å²) >= 11 is 1.97. The molecule has 1 saturated heterocycles. The van der Waals surface area contributed by atoms with Crippen LogP contribution in [0.4, 0.5) is 0 Å². The third-order valence-electron chi connectivity index (χ3n) is 5.35. The maximum absolute atomic E-state index is 12.8. The molecule has 0 aromatic rings. The van der Waals surface area contributed by atoms with E-state index in [0.717, 1.165) is 31.7 Å². The van der Waals surface area contributed by atoms with E-state index < -0.39 is 0 Å². The predicted molar refractivity (Wildman–Crippen MR) is 82.1 cm³/mol. The van der Waals surface area contributed by atoms with E-state index in [1.54, 1.807) is 0 Å². The SMILES string of the molecule is CC1CN(C(=O)C2CCC(N)C(C)C2(C)C)CCS1.